The number of carbonyl (C=O) groups is 2. The number of carbonyl (C=O) groups excluding carboxylic acids is 1. The summed E-state index contributed by atoms with van der Waals surface area (Å²) in [5, 5.41) is 9.59. The molecule has 3 rings (SSSR count). The van der Waals surface area contributed by atoms with E-state index in [-0.39, 0.29) is 12.5 Å². The van der Waals surface area contributed by atoms with E-state index in [1.54, 1.807) is 12.1 Å². The van der Waals surface area contributed by atoms with Crippen molar-refractivity contribution in [1.29, 1.82) is 0 Å². The predicted molar refractivity (Wildman–Crippen MR) is 89.8 cm³/mol. The van der Waals surface area contributed by atoms with Gasteiger partial charge in [0.05, 0.1) is 5.69 Å². The topological polar surface area (TPSA) is 66.8 Å². The zero-order chi connectivity index (χ0) is 17.1. The number of amides is 1. The number of hydrogen-bond acceptors (Lipinski definition) is 3. The molecule has 1 heterocycles. The molecule has 0 bridgehead atoms. The summed E-state index contributed by atoms with van der Waals surface area (Å²) in [5.74, 6) is -1.21. The van der Waals surface area contributed by atoms with Crippen LogP contribution in [-0.2, 0) is 22.6 Å². The highest BCUT2D eigenvalue weighted by Gasteiger charge is 2.41. The molecular weight excluding hydrogens is 306 g/mol. The monoisotopic (exact) mass is 325 g/mol. The second-order valence-corrected chi connectivity index (χ2v) is 6.00. The van der Waals surface area contributed by atoms with Crippen molar-refractivity contribution in [3.05, 3.63) is 65.7 Å². The lowest BCUT2D eigenvalue weighted by Gasteiger charge is -2.37. The molecule has 0 aromatic heterocycles. The molecule has 2 aromatic rings. The van der Waals surface area contributed by atoms with Gasteiger partial charge in [-0.1, -0.05) is 55.5 Å². The summed E-state index contributed by atoms with van der Waals surface area (Å²) in [7, 11) is 0. The van der Waals surface area contributed by atoms with E-state index in [4.69, 9.17) is 4.74 Å². The molecule has 1 aliphatic rings. The van der Waals surface area contributed by atoms with Gasteiger partial charge in [0.25, 0.3) is 0 Å². The number of aliphatic carboxylic acids is 1. The molecule has 0 saturated heterocycles. The van der Waals surface area contributed by atoms with Gasteiger partial charge in [-0.2, -0.15) is 0 Å². The van der Waals surface area contributed by atoms with Crippen LogP contribution >= 0.6 is 0 Å². The number of para-hydroxylation sites is 1. The van der Waals surface area contributed by atoms with E-state index in [9.17, 15) is 14.7 Å². The van der Waals surface area contributed by atoms with Crippen LogP contribution in [0.15, 0.2) is 54.6 Å². The van der Waals surface area contributed by atoms with E-state index in [0.717, 1.165) is 11.1 Å². The molecule has 0 fully saturated rings. The molecule has 2 aromatic carbocycles. The standard InChI is InChI=1S/C19H19NO4/c1-13-11-15-9-5-6-10-16(15)20(17(13)18(21)22)19(23)24-12-14-7-3-2-4-8-14/h2-10,13,17H,11-12H2,1H3,(H,21,22)/t13-,17+/m1/s1. The Balaban J connectivity index is 1.87. The predicted octanol–water partition coefficient (Wildman–Crippen LogP) is 3.48. The minimum Gasteiger partial charge on any atom is -0.480 e. The first-order valence-corrected chi connectivity index (χ1v) is 7.88. The Morgan fingerprint density at radius 3 is 2.50 bits per heavy atom. The van der Waals surface area contributed by atoms with Crippen LogP contribution in [0.1, 0.15) is 18.1 Å². The van der Waals surface area contributed by atoms with Crippen LogP contribution < -0.4 is 4.90 Å². The molecule has 0 aliphatic carbocycles. The number of rotatable bonds is 3. The van der Waals surface area contributed by atoms with Crippen LogP contribution in [0.25, 0.3) is 0 Å². The van der Waals surface area contributed by atoms with E-state index < -0.39 is 18.1 Å². The molecule has 0 unspecified atom stereocenters. The third kappa shape index (κ3) is 3.11. The summed E-state index contributed by atoms with van der Waals surface area (Å²) >= 11 is 0. The number of ether oxygens (including phenoxy) is 1. The lowest BCUT2D eigenvalue weighted by molar-refractivity contribution is -0.139. The normalized spacial score (nSPS) is 19.5. The SMILES string of the molecule is C[C@@H]1Cc2ccccc2N(C(=O)OCc2ccccc2)[C@@H]1C(=O)O. The molecule has 2 atom stereocenters. The van der Waals surface area contributed by atoms with Gasteiger partial charge in [-0.3, -0.25) is 4.90 Å². The largest absolute Gasteiger partial charge is 0.480 e. The van der Waals surface area contributed by atoms with Crippen molar-refractivity contribution >= 4 is 17.7 Å². The van der Waals surface area contributed by atoms with Crippen molar-refractivity contribution < 1.29 is 19.4 Å². The minimum atomic E-state index is -1.02. The molecule has 5 heteroatoms. The van der Waals surface area contributed by atoms with E-state index in [2.05, 4.69) is 0 Å². The maximum atomic E-state index is 12.6. The van der Waals surface area contributed by atoms with Crippen LogP contribution in [0, 0.1) is 5.92 Å². The second kappa shape index (κ2) is 6.74. The Kier molecular flexibility index (Phi) is 4.51. The average Bonchev–Trinajstić information content (AvgIpc) is 2.59. The lowest BCUT2D eigenvalue weighted by Crippen LogP contribution is -2.52. The van der Waals surface area contributed by atoms with Crippen LogP contribution in [-0.4, -0.2) is 23.2 Å². The summed E-state index contributed by atoms with van der Waals surface area (Å²) in [6.07, 6.45) is -0.0134. The highest BCUT2D eigenvalue weighted by Crippen LogP contribution is 2.34. The quantitative estimate of drug-likeness (QED) is 0.938. The second-order valence-electron chi connectivity index (χ2n) is 6.00. The van der Waals surface area contributed by atoms with Crippen LogP contribution in [0.2, 0.25) is 0 Å². The van der Waals surface area contributed by atoms with Crippen molar-refractivity contribution in [3.8, 4) is 0 Å². The number of hydrogen-bond donors (Lipinski definition) is 1. The number of fused-ring (bicyclic) bond motifs is 1. The zero-order valence-corrected chi connectivity index (χ0v) is 13.4. The average molecular weight is 325 g/mol. The molecule has 0 radical (unpaired) electrons. The maximum absolute atomic E-state index is 12.6. The van der Waals surface area contributed by atoms with Gasteiger partial charge in [0.2, 0.25) is 0 Å². The Bertz CT molecular complexity index is 744. The van der Waals surface area contributed by atoms with E-state index >= 15 is 0 Å². The first kappa shape index (κ1) is 16.1. The number of carboxylic acids is 1. The Morgan fingerprint density at radius 1 is 1.12 bits per heavy atom. The Hall–Kier alpha value is -2.82. The van der Waals surface area contributed by atoms with Crippen molar-refractivity contribution in [2.45, 2.75) is 26.0 Å². The van der Waals surface area contributed by atoms with Crippen molar-refractivity contribution in [3.63, 3.8) is 0 Å². The number of benzene rings is 2. The third-order valence-electron chi connectivity index (χ3n) is 4.27. The first-order chi connectivity index (χ1) is 11.6. The summed E-state index contributed by atoms with van der Waals surface area (Å²) < 4.78 is 5.38. The lowest BCUT2D eigenvalue weighted by atomic mass is 9.87. The van der Waals surface area contributed by atoms with E-state index in [1.807, 2.05) is 49.4 Å². The van der Waals surface area contributed by atoms with Gasteiger partial charge in [0.1, 0.15) is 12.6 Å². The van der Waals surface area contributed by atoms with Crippen LogP contribution in [0.4, 0.5) is 10.5 Å². The number of carboxylic acid groups (broad SMARTS) is 1. The number of anilines is 1. The van der Waals surface area contributed by atoms with Gasteiger partial charge in [-0.25, -0.2) is 9.59 Å². The van der Waals surface area contributed by atoms with E-state index in [1.165, 1.54) is 4.90 Å². The van der Waals surface area contributed by atoms with Gasteiger partial charge in [-0.05, 0) is 29.5 Å². The van der Waals surface area contributed by atoms with Crippen LogP contribution in [0.5, 0.6) is 0 Å². The summed E-state index contributed by atoms with van der Waals surface area (Å²) in [6.45, 7) is 1.95. The maximum Gasteiger partial charge on any atom is 0.415 e. The highest BCUT2D eigenvalue weighted by molar-refractivity contribution is 5.97. The Morgan fingerprint density at radius 2 is 1.79 bits per heavy atom. The number of nitrogens with zero attached hydrogens (tertiary/aromatic N) is 1. The van der Waals surface area contributed by atoms with Gasteiger partial charge in [-0.15, -0.1) is 0 Å². The molecule has 24 heavy (non-hydrogen) atoms. The van der Waals surface area contributed by atoms with Gasteiger partial charge in [0, 0.05) is 0 Å². The summed E-state index contributed by atoms with van der Waals surface area (Å²) in [6, 6.07) is 15.8. The van der Waals surface area contributed by atoms with Crippen LogP contribution in [0.3, 0.4) is 0 Å². The molecular formula is C19H19NO4. The molecule has 1 aliphatic heterocycles. The molecule has 5 nitrogen and oxygen atoms in total. The van der Waals surface area contributed by atoms with Gasteiger partial charge < -0.3 is 9.84 Å². The molecule has 0 spiro atoms. The highest BCUT2D eigenvalue weighted by atomic mass is 16.6. The molecule has 124 valence electrons. The molecule has 0 saturated carbocycles. The van der Waals surface area contributed by atoms with Gasteiger partial charge in [0.15, 0.2) is 0 Å². The molecule has 1 N–H and O–H groups in total. The van der Waals surface area contributed by atoms with E-state index in [0.29, 0.717) is 12.1 Å². The van der Waals surface area contributed by atoms with Crippen molar-refractivity contribution in [2.24, 2.45) is 5.92 Å². The fourth-order valence-electron chi connectivity index (χ4n) is 3.14. The Labute approximate surface area is 140 Å². The smallest absolute Gasteiger partial charge is 0.415 e. The fraction of sp³-hybridized carbons (Fsp3) is 0.263. The first-order valence-electron chi connectivity index (χ1n) is 7.88. The zero-order valence-electron chi connectivity index (χ0n) is 13.4. The summed E-state index contributed by atoms with van der Waals surface area (Å²) in [4.78, 5) is 25.6. The fourth-order valence-corrected chi connectivity index (χ4v) is 3.14. The molecule has 1 amide bonds. The summed E-state index contributed by atoms with van der Waals surface area (Å²) in [5.41, 5.74) is 2.43. The minimum absolute atomic E-state index is 0.110. The van der Waals surface area contributed by atoms with Crippen molar-refractivity contribution in [2.75, 3.05) is 4.90 Å². The van der Waals surface area contributed by atoms with Gasteiger partial charge >= 0.3 is 12.1 Å². The third-order valence-corrected chi connectivity index (χ3v) is 4.27. The van der Waals surface area contributed by atoms with Crippen molar-refractivity contribution in [1.82, 2.24) is 0 Å².